The lowest BCUT2D eigenvalue weighted by Gasteiger charge is -2.25. The maximum atomic E-state index is 11.8. The SMILES string of the molecule is N=C(N)c1cn2c3c(cccc13)-c1c(C3CCCCC3)c3ccc(C(=O)O)cc3n1CCC2. The number of nitrogens with two attached hydrogens (primary N) is 1. The van der Waals surface area contributed by atoms with E-state index in [0.29, 0.717) is 11.5 Å². The summed E-state index contributed by atoms with van der Waals surface area (Å²) in [6.45, 7) is 1.66. The third kappa shape index (κ3) is 3.00. The van der Waals surface area contributed by atoms with Gasteiger partial charge in [-0.3, -0.25) is 5.41 Å². The van der Waals surface area contributed by atoms with Gasteiger partial charge >= 0.3 is 5.97 Å². The molecule has 0 saturated heterocycles. The summed E-state index contributed by atoms with van der Waals surface area (Å²) in [7, 11) is 0. The molecule has 2 aliphatic rings. The van der Waals surface area contributed by atoms with E-state index in [-0.39, 0.29) is 5.84 Å². The van der Waals surface area contributed by atoms with Crippen LogP contribution in [0.1, 0.15) is 65.9 Å². The number of aryl methyl sites for hydroxylation is 2. The Morgan fingerprint density at radius 3 is 2.61 bits per heavy atom. The number of hydrogen-bond donors (Lipinski definition) is 3. The lowest BCUT2D eigenvalue weighted by atomic mass is 9.81. The quantitative estimate of drug-likeness (QED) is 0.282. The molecule has 4 N–H and O–H groups in total. The van der Waals surface area contributed by atoms with Crippen LogP contribution in [0.15, 0.2) is 42.6 Å². The normalized spacial score (nSPS) is 16.5. The number of hydrogen-bond acceptors (Lipinski definition) is 2. The van der Waals surface area contributed by atoms with Gasteiger partial charge in [-0.15, -0.1) is 0 Å². The molecule has 0 amide bonds. The van der Waals surface area contributed by atoms with Crippen molar-refractivity contribution in [1.82, 2.24) is 9.13 Å². The summed E-state index contributed by atoms with van der Waals surface area (Å²) in [5.41, 5.74) is 13.0. The standard InChI is InChI=1S/C27H28N4O2/c28-26(29)21-15-30-12-5-13-31-22-14-17(27(32)33)10-11-19(22)23(16-6-2-1-3-7-16)25(31)20-9-4-8-18(21)24(20)30/h4,8-11,14-16H,1-3,5-7,12-13H2,(H3,28,29)(H,32,33). The summed E-state index contributed by atoms with van der Waals surface area (Å²) in [5, 5.41) is 20.0. The molecular formula is C27H28N4O2. The van der Waals surface area contributed by atoms with Crippen LogP contribution in [0, 0.1) is 5.41 Å². The van der Waals surface area contributed by atoms with Gasteiger partial charge in [-0.25, -0.2) is 4.79 Å². The minimum Gasteiger partial charge on any atom is -0.478 e. The molecular weight excluding hydrogens is 412 g/mol. The molecule has 0 radical (unpaired) electrons. The second-order valence-corrected chi connectivity index (χ2v) is 9.49. The van der Waals surface area contributed by atoms with Crippen molar-refractivity contribution in [2.45, 2.75) is 57.5 Å². The smallest absolute Gasteiger partial charge is 0.335 e. The van der Waals surface area contributed by atoms with E-state index in [0.717, 1.165) is 47.1 Å². The van der Waals surface area contributed by atoms with Gasteiger partial charge in [0.05, 0.1) is 16.8 Å². The number of carbonyl (C=O) groups is 1. The van der Waals surface area contributed by atoms with Crippen LogP contribution in [0.25, 0.3) is 33.1 Å². The van der Waals surface area contributed by atoms with Gasteiger partial charge in [0.2, 0.25) is 0 Å². The molecule has 1 saturated carbocycles. The largest absolute Gasteiger partial charge is 0.478 e. The fourth-order valence-electron chi connectivity index (χ4n) is 6.18. The summed E-state index contributed by atoms with van der Waals surface area (Å²) in [4.78, 5) is 11.8. The maximum absolute atomic E-state index is 11.8. The van der Waals surface area contributed by atoms with Crippen LogP contribution in [0.2, 0.25) is 0 Å². The summed E-state index contributed by atoms with van der Waals surface area (Å²) in [6.07, 6.45) is 9.04. The van der Waals surface area contributed by atoms with Crippen LogP contribution in [-0.2, 0) is 13.1 Å². The number of fused-ring (bicyclic) bond motifs is 4. The lowest BCUT2D eigenvalue weighted by Crippen LogP contribution is -2.11. The van der Waals surface area contributed by atoms with Gasteiger partial charge in [0.25, 0.3) is 0 Å². The topological polar surface area (TPSA) is 97.0 Å². The molecule has 4 aromatic rings. The van der Waals surface area contributed by atoms with Crippen molar-refractivity contribution in [3.63, 3.8) is 0 Å². The highest BCUT2D eigenvalue weighted by Gasteiger charge is 2.29. The number of benzene rings is 2. The number of nitrogens with zero attached hydrogens (tertiary/aromatic N) is 2. The molecule has 3 heterocycles. The van der Waals surface area contributed by atoms with E-state index in [1.165, 1.54) is 48.7 Å². The van der Waals surface area contributed by atoms with Crippen LogP contribution in [0.3, 0.4) is 0 Å². The zero-order chi connectivity index (χ0) is 22.7. The first-order chi connectivity index (χ1) is 16.0. The highest BCUT2D eigenvalue weighted by atomic mass is 16.4. The molecule has 33 heavy (non-hydrogen) atoms. The van der Waals surface area contributed by atoms with Crippen LogP contribution in [-0.4, -0.2) is 26.0 Å². The molecule has 6 nitrogen and oxygen atoms in total. The van der Waals surface area contributed by atoms with Gasteiger partial charge in [-0.2, -0.15) is 0 Å². The lowest BCUT2D eigenvalue weighted by molar-refractivity contribution is 0.0697. The van der Waals surface area contributed by atoms with Gasteiger partial charge in [-0.1, -0.05) is 43.5 Å². The minimum atomic E-state index is -0.889. The van der Waals surface area contributed by atoms with Crippen molar-refractivity contribution < 1.29 is 9.90 Å². The van der Waals surface area contributed by atoms with Crippen LogP contribution < -0.4 is 5.73 Å². The predicted molar refractivity (Wildman–Crippen MR) is 131 cm³/mol. The van der Waals surface area contributed by atoms with Crippen molar-refractivity contribution in [2.24, 2.45) is 5.73 Å². The number of para-hydroxylation sites is 1. The molecule has 0 unspecified atom stereocenters. The van der Waals surface area contributed by atoms with Crippen LogP contribution in [0.5, 0.6) is 0 Å². The Hall–Kier alpha value is -3.54. The Kier molecular flexibility index (Phi) is 4.57. The molecule has 168 valence electrons. The molecule has 0 bridgehead atoms. The first kappa shape index (κ1) is 20.1. The molecule has 2 aromatic carbocycles. The number of aromatic carboxylic acids is 1. The van der Waals surface area contributed by atoms with Crippen molar-refractivity contribution in [3.05, 3.63) is 59.3 Å². The van der Waals surface area contributed by atoms with Crippen LogP contribution in [0.4, 0.5) is 0 Å². The zero-order valence-electron chi connectivity index (χ0n) is 18.6. The molecule has 2 aromatic heterocycles. The van der Waals surface area contributed by atoms with E-state index in [1.807, 2.05) is 18.3 Å². The predicted octanol–water partition coefficient (Wildman–Crippen LogP) is 5.70. The third-order valence-electron chi connectivity index (χ3n) is 7.59. The van der Waals surface area contributed by atoms with E-state index in [2.05, 4.69) is 27.3 Å². The number of amidine groups is 1. The molecule has 1 aliphatic carbocycles. The number of aromatic nitrogens is 2. The van der Waals surface area contributed by atoms with Crippen molar-refractivity contribution >= 4 is 33.6 Å². The van der Waals surface area contributed by atoms with Crippen molar-refractivity contribution in [2.75, 3.05) is 0 Å². The first-order valence-corrected chi connectivity index (χ1v) is 11.9. The van der Waals surface area contributed by atoms with Gasteiger partial charge in [0.1, 0.15) is 5.84 Å². The van der Waals surface area contributed by atoms with Gasteiger partial charge in [0.15, 0.2) is 0 Å². The number of carboxylic acid groups (broad SMARTS) is 1. The third-order valence-corrected chi connectivity index (χ3v) is 7.59. The van der Waals surface area contributed by atoms with E-state index in [1.54, 1.807) is 6.07 Å². The summed E-state index contributed by atoms with van der Waals surface area (Å²) in [5.74, 6) is -0.326. The fraction of sp³-hybridized carbons (Fsp3) is 0.333. The van der Waals surface area contributed by atoms with E-state index in [9.17, 15) is 9.90 Å². The Labute approximate surface area is 192 Å². The maximum Gasteiger partial charge on any atom is 0.335 e. The Morgan fingerprint density at radius 2 is 1.85 bits per heavy atom. The summed E-state index contributed by atoms with van der Waals surface area (Å²) in [6, 6.07) is 11.9. The summed E-state index contributed by atoms with van der Waals surface area (Å²) < 4.78 is 4.63. The monoisotopic (exact) mass is 440 g/mol. The van der Waals surface area contributed by atoms with E-state index < -0.39 is 5.97 Å². The fourth-order valence-corrected chi connectivity index (χ4v) is 6.18. The number of nitrogen functional groups attached to an aromatic ring is 1. The Bertz CT molecular complexity index is 1440. The Balaban J connectivity index is 1.73. The van der Waals surface area contributed by atoms with E-state index >= 15 is 0 Å². The van der Waals surface area contributed by atoms with Gasteiger partial charge in [0, 0.05) is 46.7 Å². The molecule has 1 fully saturated rings. The molecule has 6 rings (SSSR count). The first-order valence-electron chi connectivity index (χ1n) is 11.9. The molecule has 0 atom stereocenters. The number of rotatable bonds is 3. The number of carboxylic acids is 1. The molecule has 1 aliphatic heterocycles. The molecule has 0 spiro atoms. The zero-order valence-corrected chi connectivity index (χ0v) is 18.6. The van der Waals surface area contributed by atoms with Gasteiger partial charge < -0.3 is 20.0 Å². The second kappa shape index (κ2) is 7.51. The number of nitrogens with one attached hydrogen (secondary N) is 1. The summed E-state index contributed by atoms with van der Waals surface area (Å²) >= 11 is 0. The average molecular weight is 441 g/mol. The van der Waals surface area contributed by atoms with Crippen molar-refractivity contribution in [1.29, 1.82) is 5.41 Å². The highest BCUT2D eigenvalue weighted by Crippen LogP contribution is 2.46. The van der Waals surface area contributed by atoms with Crippen LogP contribution >= 0.6 is 0 Å². The average Bonchev–Trinajstić information content (AvgIpc) is 3.34. The minimum absolute atomic E-state index is 0.0919. The second-order valence-electron chi connectivity index (χ2n) is 9.49. The van der Waals surface area contributed by atoms with E-state index in [4.69, 9.17) is 11.1 Å². The Morgan fingerprint density at radius 1 is 1.03 bits per heavy atom. The molecule has 6 heteroatoms. The van der Waals surface area contributed by atoms with Gasteiger partial charge in [-0.05, 0) is 42.9 Å². The van der Waals surface area contributed by atoms with Crippen molar-refractivity contribution in [3.8, 4) is 11.3 Å². The highest BCUT2D eigenvalue weighted by molar-refractivity contribution is 6.11.